The second-order valence-electron chi connectivity index (χ2n) is 5.13. The average molecular weight is 343 g/mol. The van der Waals surface area contributed by atoms with Gasteiger partial charge in [0.25, 0.3) is 0 Å². The van der Waals surface area contributed by atoms with Gasteiger partial charge < -0.3 is 9.84 Å². The van der Waals surface area contributed by atoms with Crippen LogP contribution in [0.1, 0.15) is 17.9 Å². The van der Waals surface area contributed by atoms with Crippen molar-refractivity contribution in [3.63, 3.8) is 0 Å². The zero-order chi connectivity index (χ0) is 16.8. The molecule has 1 aromatic carbocycles. The maximum Gasteiger partial charge on any atom is 0.227 e. The number of halogens is 1. The molecule has 2 heterocycles. The van der Waals surface area contributed by atoms with Crippen molar-refractivity contribution < 1.29 is 9.32 Å². The number of hydrogen-bond acceptors (Lipinski definition) is 5. The van der Waals surface area contributed by atoms with Gasteiger partial charge in [0.2, 0.25) is 17.6 Å². The molecule has 24 heavy (non-hydrogen) atoms. The number of aryl methyl sites for hydroxylation is 1. The normalized spacial score (nSPS) is 10.5. The molecule has 0 unspecified atom stereocenters. The zero-order valence-corrected chi connectivity index (χ0v) is 13.5. The van der Waals surface area contributed by atoms with Gasteiger partial charge in [-0.05, 0) is 29.8 Å². The Bertz CT molecular complexity index is 820. The lowest BCUT2D eigenvalue weighted by Crippen LogP contribution is -2.23. The number of benzene rings is 1. The van der Waals surface area contributed by atoms with E-state index in [1.165, 1.54) is 0 Å². The van der Waals surface area contributed by atoms with Gasteiger partial charge in [0.05, 0.1) is 0 Å². The van der Waals surface area contributed by atoms with Crippen LogP contribution >= 0.6 is 11.6 Å². The molecule has 2 aromatic heterocycles. The topological polar surface area (TPSA) is 80.9 Å². The fourth-order valence-electron chi connectivity index (χ4n) is 2.11. The van der Waals surface area contributed by atoms with E-state index in [0.717, 1.165) is 5.56 Å². The van der Waals surface area contributed by atoms with Gasteiger partial charge in [-0.15, -0.1) is 0 Å². The van der Waals surface area contributed by atoms with Crippen LogP contribution in [0, 0.1) is 0 Å². The summed E-state index contributed by atoms with van der Waals surface area (Å²) in [6.45, 7) is 0.433. The third-order valence-corrected chi connectivity index (χ3v) is 3.54. The molecular formula is C17H15ClN4O2. The number of amides is 1. The van der Waals surface area contributed by atoms with Crippen LogP contribution in [0.5, 0.6) is 0 Å². The molecule has 6 nitrogen and oxygen atoms in total. The van der Waals surface area contributed by atoms with Gasteiger partial charge in [-0.25, -0.2) is 0 Å². The molecule has 0 aliphatic carbocycles. The minimum atomic E-state index is -0.0902. The van der Waals surface area contributed by atoms with Crippen LogP contribution in [0.4, 0.5) is 0 Å². The van der Waals surface area contributed by atoms with Gasteiger partial charge in [-0.2, -0.15) is 4.98 Å². The lowest BCUT2D eigenvalue weighted by atomic mass is 10.2. The van der Waals surface area contributed by atoms with Crippen LogP contribution in [0.25, 0.3) is 11.5 Å². The van der Waals surface area contributed by atoms with Gasteiger partial charge in [-0.3, -0.25) is 9.78 Å². The highest BCUT2D eigenvalue weighted by molar-refractivity contribution is 6.30. The Balaban J connectivity index is 1.49. The summed E-state index contributed by atoms with van der Waals surface area (Å²) in [6, 6.07) is 12.8. The van der Waals surface area contributed by atoms with Crippen molar-refractivity contribution in [2.24, 2.45) is 0 Å². The van der Waals surface area contributed by atoms with Gasteiger partial charge in [0, 0.05) is 30.6 Å². The monoisotopic (exact) mass is 342 g/mol. The van der Waals surface area contributed by atoms with Crippen molar-refractivity contribution in [2.75, 3.05) is 0 Å². The summed E-state index contributed by atoms with van der Waals surface area (Å²) < 4.78 is 5.15. The highest BCUT2D eigenvalue weighted by atomic mass is 35.5. The minimum absolute atomic E-state index is 0.0902. The van der Waals surface area contributed by atoms with Crippen LogP contribution in [0.15, 0.2) is 53.2 Å². The number of carbonyl (C=O) groups excluding carboxylic acids is 1. The average Bonchev–Trinajstić information content (AvgIpc) is 3.08. The number of nitrogens with one attached hydrogen (secondary N) is 1. The number of nitrogens with zero attached hydrogens (tertiary/aromatic N) is 3. The maximum absolute atomic E-state index is 11.9. The molecule has 122 valence electrons. The van der Waals surface area contributed by atoms with E-state index in [1.54, 1.807) is 18.3 Å². The molecular weight excluding hydrogens is 328 g/mol. The molecule has 3 rings (SSSR count). The third-order valence-electron chi connectivity index (χ3n) is 3.31. The molecule has 1 N–H and O–H groups in total. The first-order chi connectivity index (χ1) is 11.7. The van der Waals surface area contributed by atoms with Crippen LogP contribution < -0.4 is 5.32 Å². The van der Waals surface area contributed by atoms with E-state index in [2.05, 4.69) is 20.4 Å². The summed E-state index contributed by atoms with van der Waals surface area (Å²) in [5.41, 5.74) is 1.59. The van der Waals surface area contributed by atoms with Crippen molar-refractivity contribution in [3.8, 4) is 11.5 Å². The summed E-state index contributed by atoms with van der Waals surface area (Å²) in [5, 5.41) is 7.36. The number of rotatable bonds is 6. The highest BCUT2D eigenvalue weighted by Crippen LogP contribution is 2.13. The quantitative estimate of drug-likeness (QED) is 0.744. The Morgan fingerprint density at radius 2 is 2.12 bits per heavy atom. The zero-order valence-electron chi connectivity index (χ0n) is 12.8. The lowest BCUT2D eigenvalue weighted by molar-refractivity contribution is -0.121. The van der Waals surface area contributed by atoms with Crippen molar-refractivity contribution in [1.82, 2.24) is 20.4 Å². The van der Waals surface area contributed by atoms with E-state index in [-0.39, 0.29) is 12.3 Å². The highest BCUT2D eigenvalue weighted by Gasteiger charge is 2.11. The number of pyridine rings is 1. The first-order valence-electron chi connectivity index (χ1n) is 7.46. The Kier molecular flexibility index (Phi) is 5.18. The first-order valence-corrected chi connectivity index (χ1v) is 7.83. The van der Waals surface area contributed by atoms with E-state index < -0.39 is 0 Å². The first kappa shape index (κ1) is 16.1. The van der Waals surface area contributed by atoms with Crippen molar-refractivity contribution in [3.05, 3.63) is 65.1 Å². The van der Waals surface area contributed by atoms with E-state index in [9.17, 15) is 4.79 Å². The van der Waals surface area contributed by atoms with E-state index >= 15 is 0 Å². The fourth-order valence-corrected chi connectivity index (χ4v) is 2.32. The summed E-state index contributed by atoms with van der Waals surface area (Å²) >= 11 is 5.91. The second-order valence-corrected chi connectivity index (χ2v) is 5.57. The molecule has 0 aliphatic rings. The predicted molar refractivity (Wildman–Crippen MR) is 89.1 cm³/mol. The largest absolute Gasteiger partial charge is 0.352 e. The molecule has 0 radical (unpaired) electrons. The molecule has 0 saturated carbocycles. The smallest absolute Gasteiger partial charge is 0.227 e. The third kappa shape index (κ3) is 4.39. The van der Waals surface area contributed by atoms with Crippen LogP contribution in [-0.4, -0.2) is 21.0 Å². The molecule has 0 fully saturated rings. The van der Waals surface area contributed by atoms with Crippen molar-refractivity contribution in [1.29, 1.82) is 0 Å². The van der Waals surface area contributed by atoms with Gasteiger partial charge in [-0.1, -0.05) is 35.0 Å². The Labute approximate surface area is 143 Å². The molecule has 1 amide bonds. The van der Waals surface area contributed by atoms with Crippen molar-refractivity contribution in [2.45, 2.75) is 19.4 Å². The molecule has 0 saturated heterocycles. The summed E-state index contributed by atoms with van der Waals surface area (Å²) in [7, 11) is 0. The number of hydrogen-bond donors (Lipinski definition) is 1. The molecule has 0 atom stereocenters. The second kappa shape index (κ2) is 7.70. The fraction of sp³-hybridized carbons (Fsp3) is 0.176. The lowest BCUT2D eigenvalue weighted by Gasteiger charge is -2.04. The summed E-state index contributed by atoms with van der Waals surface area (Å²) in [6.07, 6.45) is 2.31. The van der Waals surface area contributed by atoms with Gasteiger partial charge >= 0.3 is 0 Å². The van der Waals surface area contributed by atoms with E-state index in [4.69, 9.17) is 16.1 Å². The van der Waals surface area contributed by atoms with Gasteiger partial charge in [0.1, 0.15) is 5.69 Å². The minimum Gasteiger partial charge on any atom is -0.352 e. The maximum atomic E-state index is 11.9. The van der Waals surface area contributed by atoms with Crippen molar-refractivity contribution >= 4 is 17.5 Å². The Morgan fingerprint density at radius 1 is 1.21 bits per heavy atom. The van der Waals surface area contributed by atoms with Crippen LogP contribution in [0.3, 0.4) is 0 Å². The standard InChI is InChI=1S/C17H15ClN4O2/c18-13-5-3-4-12(10-13)11-20-15(23)7-8-16-21-17(22-24-16)14-6-1-2-9-19-14/h1-6,9-10H,7-8,11H2,(H,20,23). The number of carbonyl (C=O) groups is 1. The van der Waals surface area contributed by atoms with Crippen LogP contribution in [0.2, 0.25) is 5.02 Å². The molecule has 0 aliphatic heterocycles. The predicted octanol–water partition coefficient (Wildman–Crippen LogP) is 3.03. The molecule has 3 aromatic rings. The van der Waals surface area contributed by atoms with E-state index in [0.29, 0.717) is 35.4 Å². The molecule has 0 spiro atoms. The Hall–Kier alpha value is -2.73. The molecule has 0 bridgehead atoms. The molecule has 7 heteroatoms. The summed E-state index contributed by atoms with van der Waals surface area (Å²) in [5.74, 6) is 0.742. The van der Waals surface area contributed by atoms with Crippen LogP contribution in [-0.2, 0) is 17.8 Å². The van der Waals surface area contributed by atoms with E-state index in [1.807, 2.05) is 30.3 Å². The summed E-state index contributed by atoms with van der Waals surface area (Å²) in [4.78, 5) is 20.3. The number of aromatic nitrogens is 3. The van der Waals surface area contributed by atoms with Gasteiger partial charge in [0.15, 0.2) is 0 Å². The SMILES string of the molecule is O=C(CCc1nc(-c2ccccn2)no1)NCc1cccc(Cl)c1. The Morgan fingerprint density at radius 3 is 2.92 bits per heavy atom.